The molecule has 0 spiro atoms. The van der Waals surface area contributed by atoms with Crippen LogP contribution in [-0.4, -0.2) is 49.0 Å². The van der Waals surface area contributed by atoms with Gasteiger partial charge >= 0.3 is 5.97 Å². The van der Waals surface area contributed by atoms with E-state index in [0.29, 0.717) is 24.8 Å². The zero-order valence-electron chi connectivity index (χ0n) is 18.5. The Bertz CT molecular complexity index is 1470. The van der Waals surface area contributed by atoms with Crippen LogP contribution in [-0.2, 0) is 0 Å². The van der Waals surface area contributed by atoms with Crippen LogP contribution < -0.4 is 10.6 Å². The highest BCUT2D eigenvalue weighted by atomic mass is 32.1. The molecular weight excluding hydrogens is 497 g/mol. The van der Waals surface area contributed by atoms with Crippen LogP contribution in [0.1, 0.15) is 46.0 Å². The van der Waals surface area contributed by atoms with Crippen molar-refractivity contribution in [2.24, 2.45) is 0 Å². The van der Waals surface area contributed by atoms with Crippen LogP contribution in [0, 0.1) is 17.5 Å². The number of halogens is 3. The van der Waals surface area contributed by atoms with E-state index in [1.807, 2.05) is 0 Å². The van der Waals surface area contributed by atoms with E-state index in [0.717, 1.165) is 36.1 Å². The summed E-state index contributed by atoms with van der Waals surface area (Å²) in [5.41, 5.74) is 0.449. The molecule has 9 nitrogen and oxygen atoms in total. The normalized spacial score (nSPS) is 17.8. The van der Waals surface area contributed by atoms with Crippen LogP contribution in [0.4, 0.5) is 19.0 Å². The number of hydrogen-bond acceptors (Lipinski definition) is 7. The smallest absolute Gasteiger partial charge is 0.365 e. The Morgan fingerprint density at radius 1 is 1.11 bits per heavy atom. The van der Waals surface area contributed by atoms with E-state index in [1.54, 1.807) is 0 Å². The number of amides is 1. The minimum Gasteiger partial charge on any atom is -0.476 e. The van der Waals surface area contributed by atoms with Crippen LogP contribution in [0.5, 0.6) is 0 Å². The number of thiazole rings is 1. The maximum absolute atomic E-state index is 14.6. The van der Waals surface area contributed by atoms with Crippen LogP contribution >= 0.6 is 11.3 Å². The number of carbonyl (C=O) groups excluding carboxylic acids is 1. The van der Waals surface area contributed by atoms with Crippen molar-refractivity contribution in [3.8, 4) is 11.4 Å². The molecule has 0 unspecified atom stereocenters. The molecule has 1 fully saturated rings. The topological polar surface area (TPSA) is 133 Å². The minimum atomic E-state index is -1.20. The standard InChI is InChI=1S/C23H19F3N6O3S/c24-10-4-13-14(7-27-18(13)15(25)5-10)19-28-8-16(26)20(32-19)29-11-2-1-3-12(6-11)30-21(33)17-9-36-22(31-17)23(34)35/h4-5,7-9,11-12,27H,1-3,6H2,(H,30,33)(H,34,35)(H,28,29,32)/t11-,12+/m0/s1. The van der Waals surface area contributed by atoms with Crippen molar-refractivity contribution in [2.75, 3.05) is 5.32 Å². The van der Waals surface area contributed by atoms with Crippen molar-refractivity contribution >= 4 is 39.9 Å². The van der Waals surface area contributed by atoms with Gasteiger partial charge in [-0.1, -0.05) is 0 Å². The monoisotopic (exact) mass is 516 g/mol. The number of nitrogens with zero attached hydrogens (tertiary/aromatic N) is 3. The number of hydrogen-bond donors (Lipinski definition) is 4. The van der Waals surface area contributed by atoms with Gasteiger partial charge in [0.25, 0.3) is 5.91 Å². The van der Waals surface area contributed by atoms with Gasteiger partial charge < -0.3 is 20.7 Å². The number of aromatic carboxylic acids is 1. The first-order valence-electron chi connectivity index (χ1n) is 11.0. The summed E-state index contributed by atoms with van der Waals surface area (Å²) in [6.07, 6.45) is 5.05. The lowest BCUT2D eigenvalue weighted by Crippen LogP contribution is -2.42. The molecule has 5 rings (SSSR count). The highest BCUT2D eigenvalue weighted by Crippen LogP contribution is 2.30. The number of fused-ring (bicyclic) bond motifs is 1. The second-order valence-corrected chi connectivity index (χ2v) is 9.28. The van der Waals surface area contributed by atoms with Gasteiger partial charge in [0.1, 0.15) is 17.3 Å². The fraction of sp³-hybridized carbons (Fsp3) is 0.261. The van der Waals surface area contributed by atoms with E-state index in [-0.39, 0.29) is 45.3 Å². The second kappa shape index (κ2) is 9.57. The Kier molecular flexibility index (Phi) is 6.31. The molecule has 3 heterocycles. The molecule has 0 saturated heterocycles. The summed E-state index contributed by atoms with van der Waals surface area (Å²) >= 11 is 0.871. The fourth-order valence-electron chi connectivity index (χ4n) is 4.32. The number of aromatic amines is 1. The molecule has 4 aromatic rings. The van der Waals surface area contributed by atoms with E-state index in [9.17, 15) is 22.8 Å². The molecule has 0 bridgehead atoms. The maximum Gasteiger partial charge on any atom is 0.365 e. The molecule has 1 aromatic carbocycles. The number of carbonyl (C=O) groups is 2. The zero-order chi connectivity index (χ0) is 25.4. The number of rotatable bonds is 6. The van der Waals surface area contributed by atoms with Crippen molar-refractivity contribution in [1.29, 1.82) is 0 Å². The Morgan fingerprint density at radius 3 is 2.69 bits per heavy atom. The molecule has 13 heteroatoms. The van der Waals surface area contributed by atoms with Crippen molar-refractivity contribution < 1.29 is 27.9 Å². The van der Waals surface area contributed by atoms with Crippen molar-refractivity contribution in [3.63, 3.8) is 0 Å². The summed E-state index contributed by atoms with van der Waals surface area (Å²) in [5.74, 6) is -3.85. The van der Waals surface area contributed by atoms with Gasteiger partial charge in [-0.15, -0.1) is 11.3 Å². The molecule has 186 valence electrons. The molecule has 1 amide bonds. The largest absolute Gasteiger partial charge is 0.476 e. The van der Waals surface area contributed by atoms with Gasteiger partial charge in [0.15, 0.2) is 17.5 Å². The SMILES string of the molecule is O=C(N[C@@H]1CCC[C@H](Nc2nc(-c3c[nH]c4c(F)cc(F)cc34)ncc2F)C1)c1csc(C(=O)O)n1. The summed E-state index contributed by atoms with van der Waals surface area (Å²) in [4.78, 5) is 38.3. The Morgan fingerprint density at radius 2 is 1.92 bits per heavy atom. The van der Waals surface area contributed by atoms with Crippen LogP contribution in [0.15, 0.2) is 29.9 Å². The molecular formula is C23H19F3N6O3S. The van der Waals surface area contributed by atoms with E-state index >= 15 is 0 Å². The van der Waals surface area contributed by atoms with Gasteiger partial charge in [-0.05, 0) is 31.7 Å². The molecule has 1 saturated carbocycles. The third-order valence-electron chi connectivity index (χ3n) is 5.96. The van der Waals surface area contributed by atoms with Crippen molar-refractivity contribution in [1.82, 2.24) is 25.3 Å². The van der Waals surface area contributed by atoms with Crippen molar-refractivity contribution in [2.45, 2.75) is 37.8 Å². The summed E-state index contributed by atoms with van der Waals surface area (Å²) in [7, 11) is 0. The van der Waals surface area contributed by atoms with Gasteiger partial charge in [0, 0.05) is 40.7 Å². The van der Waals surface area contributed by atoms with Crippen LogP contribution in [0.3, 0.4) is 0 Å². The number of nitrogens with one attached hydrogen (secondary N) is 3. The molecule has 3 aromatic heterocycles. The molecule has 2 atom stereocenters. The summed E-state index contributed by atoms with van der Waals surface area (Å²) in [5, 5.41) is 16.4. The first-order chi connectivity index (χ1) is 17.3. The fourth-order valence-corrected chi connectivity index (χ4v) is 4.95. The molecule has 36 heavy (non-hydrogen) atoms. The van der Waals surface area contributed by atoms with Crippen LogP contribution in [0.2, 0.25) is 0 Å². The predicted octanol–water partition coefficient (Wildman–Crippen LogP) is 4.35. The maximum atomic E-state index is 14.6. The highest BCUT2D eigenvalue weighted by molar-refractivity contribution is 7.11. The number of aromatic nitrogens is 4. The van der Waals surface area contributed by atoms with Gasteiger partial charge in [0.05, 0.1) is 11.7 Å². The Labute approximate surface area is 205 Å². The predicted molar refractivity (Wildman–Crippen MR) is 125 cm³/mol. The summed E-state index contributed by atoms with van der Waals surface area (Å²) < 4.78 is 42.4. The lowest BCUT2D eigenvalue weighted by Gasteiger charge is -2.30. The number of carboxylic acids is 1. The molecule has 4 N–H and O–H groups in total. The first kappa shape index (κ1) is 23.7. The minimum absolute atomic E-state index is 0.0329. The average molecular weight is 517 g/mol. The van der Waals surface area contributed by atoms with Crippen LogP contribution in [0.25, 0.3) is 22.3 Å². The summed E-state index contributed by atoms with van der Waals surface area (Å²) in [6, 6.07) is 1.46. The number of H-pyrrole nitrogens is 1. The van der Waals surface area contributed by atoms with Gasteiger partial charge in [-0.25, -0.2) is 32.9 Å². The lowest BCUT2D eigenvalue weighted by molar-refractivity contribution is 0.0696. The van der Waals surface area contributed by atoms with E-state index < -0.39 is 29.3 Å². The first-order valence-corrected chi connectivity index (χ1v) is 11.9. The van der Waals surface area contributed by atoms with E-state index in [1.165, 1.54) is 11.6 Å². The highest BCUT2D eigenvalue weighted by Gasteiger charge is 2.26. The molecule has 1 aliphatic carbocycles. The zero-order valence-corrected chi connectivity index (χ0v) is 19.3. The number of anilines is 1. The lowest BCUT2D eigenvalue weighted by atomic mass is 9.91. The second-order valence-electron chi connectivity index (χ2n) is 8.42. The quantitative estimate of drug-likeness (QED) is 0.299. The summed E-state index contributed by atoms with van der Waals surface area (Å²) in [6.45, 7) is 0. The number of benzene rings is 1. The molecule has 1 aliphatic rings. The van der Waals surface area contributed by atoms with Gasteiger partial charge in [0.2, 0.25) is 5.01 Å². The van der Waals surface area contributed by atoms with E-state index in [2.05, 4.69) is 30.6 Å². The van der Waals surface area contributed by atoms with E-state index in [4.69, 9.17) is 5.11 Å². The third kappa shape index (κ3) is 4.73. The van der Waals surface area contributed by atoms with Gasteiger partial charge in [-0.2, -0.15) is 0 Å². The molecule has 0 aliphatic heterocycles. The average Bonchev–Trinajstić information content (AvgIpc) is 3.49. The molecule has 0 radical (unpaired) electrons. The third-order valence-corrected chi connectivity index (χ3v) is 6.79. The van der Waals surface area contributed by atoms with Gasteiger partial charge in [-0.3, -0.25) is 4.79 Å². The number of carboxylic acid groups (broad SMARTS) is 1. The van der Waals surface area contributed by atoms with Crippen molar-refractivity contribution in [3.05, 3.63) is 58.1 Å². The Hall–Kier alpha value is -4.00. The Balaban J connectivity index is 1.30.